The first kappa shape index (κ1) is 19.2. The number of rotatable bonds is 6. The molecule has 1 amide bonds. The Hall–Kier alpha value is -3.15. The van der Waals surface area contributed by atoms with Gasteiger partial charge in [-0.05, 0) is 50.5 Å². The average Bonchev–Trinajstić information content (AvgIpc) is 3.32. The minimum absolute atomic E-state index is 0.119. The Kier molecular flexibility index (Phi) is 5.34. The second-order valence-corrected chi connectivity index (χ2v) is 7.42. The van der Waals surface area contributed by atoms with E-state index in [1.165, 1.54) is 11.1 Å². The zero-order chi connectivity index (χ0) is 20.4. The Morgan fingerprint density at radius 1 is 1.21 bits per heavy atom. The molecule has 1 aliphatic heterocycles. The lowest BCUT2D eigenvalue weighted by Gasteiger charge is -2.23. The van der Waals surface area contributed by atoms with Crippen LogP contribution in [0.1, 0.15) is 48.4 Å². The third-order valence-corrected chi connectivity index (χ3v) is 5.30. The van der Waals surface area contributed by atoms with E-state index >= 15 is 0 Å². The van der Waals surface area contributed by atoms with E-state index in [-0.39, 0.29) is 11.9 Å². The van der Waals surface area contributed by atoms with Crippen molar-refractivity contribution in [2.45, 2.75) is 46.2 Å². The summed E-state index contributed by atoms with van der Waals surface area (Å²) < 4.78 is 11.1. The molecule has 1 saturated heterocycles. The second kappa shape index (κ2) is 8.07. The average molecular weight is 391 g/mol. The van der Waals surface area contributed by atoms with Crippen LogP contribution in [0.4, 0.5) is 0 Å². The van der Waals surface area contributed by atoms with Crippen LogP contribution >= 0.6 is 0 Å². The molecular weight excluding hydrogens is 366 g/mol. The van der Waals surface area contributed by atoms with E-state index in [2.05, 4.69) is 42.2 Å². The third-order valence-electron chi connectivity index (χ3n) is 5.30. The van der Waals surface area contributed by atoms with Crippen molar-refractivity contribution in [3.8, 4) is 17.1 Å². The molecule has 6 heteroatoms. The van der Waals surface area contributed by atoms with Crippen molar-refractivity contribution in [3.05, 3.63) is 65.0 Å². The Balaban J connectivity index is 1.57. The molecule has 2 aromatic carbocycles. The molecular formula is C23H25N3O3. The van der Waals surface area contributed by atoms with Crippen LogP contribution in [0, 0.1) is 13.8 Å². The Morgan fingerprint density at radius 3 is 2.86 bits per heavy atom. The largest absolute Gasteiger partial charge is 0.494 e. The maximum atomic E-state index is 12.6. The van der Waals surface area contributed by atoms with Crippen LogP contribution in [-0.2, 0) is 11.3 Å². The summed E-state index contributed by atoms with van der Waals surface area (Å²) in [4.78, 5) is 19.0. The predicted molar refractivity (Wildman–Crippen MR) is 109 cm³/mol. The van der Waals surface area contributed by atoms with Gasteiger partial charge in [0.25, 0.3) is 0 Å². The summed E-state index contributed by atoms with van der Waals surface area (Å²) in [5.74, 6) is 1.88. The molecule has 1 atom stereocenters. The van der Waals surface area contributed by atoms with Crippen molar-refractivity contribution in [3.63, 3.8) is 0 Å². The van der Waals surface area contributed by atoms with E-state index in [1.54, 1.807) is 0 Å². The van der Waals surface area contributed by atoms with Crippen molar-refractivity contribution in [1.82, 2.24) is 15.0 Å². The van der Waals surface area contributed by atoms with Crippen LogP contribution in [0.5, 0.6) is 5.75 Å². The molecule has 1 fully saturated rings. The molecule has 2 heterocycles. The van der Waals surface area contributed by atoms with Crippen LogP contribution in [0.3, 0.4) is 0 Å². The van der Waals surface area contributed by atoms with Gasteiger partial charge in [0.1, 0.15) is 11.8 Å². The maximum Gasteiger partial charge on any atom is 0.249 e. The number of benzene rings is 2. The Labute approximate surface area is 170 Å². The van der Waals surface area contributed by atoms with Crippen LogP contribution in [0.15, 0.2) is 47.0 Å². The monoisotopic (exact) mass is 391 g/mol. The van der Waals surface area contributed by atoms with E-state index in [0.29, 0.717) is 37.7 Å². The van der Waals surface area contributed by atoms with E-state index in [9.17, 15) is 4.79 Å². The second-order valence-electron chi connectivity index (χ2n) is 7.42. The lowest BCUT2D eigenvalue weighted by Crippen LogP contribution is -2.27. The minimum Gasteiger partial charge on any atom is -0.494 e. The number of carbonyl (C=O) groups is 1. The third kappa shape index (κ3) is 4.01. The van der Waals surface area contributed by atoms with E-state index in [1.807, 2.05) is 36.1 Å². The highest BCUT2D eigenvalue weighted by Gasteiger charge is 2.36. The first-order chi connectivity index (χ1) is 14.0. The number of ether oxygens (including phenoxy) is 1. The number of likely N-dealkylation sites (tertiary alicyclic amines) is 1. The Morgan fingerprint density at radius 2 is 2.07 bits per heavy atom. The standard InChI is InChI=1S/C23H25N3O3/c1-4-28-19-7-5-6-17(13-19)22-24-23(29-25-22)20-10-11-21(27)26(20)14-18-9-8-15(2)12-16(18)3/h5-9,12-13,20H,4,10-11,14H2,1-3H3. The molecule has 0 spiro atoms. The van der Waals surface area contributed by atoms with Crippen molar-refractivity contribution in [2.24, 2.45) is 0 Å². The first-order valence-electron chi connectivity index (χ1n) is 9.97. The number of carbonyl (C=O) groups excluding carboxylic acids is 1. The Bertz CT molecular complexity index is 1030. The molecule has 3 aromatic rings. The number of hydrogen-bond donors (Lipinski definition) is 0. The quantitative estimate of drug-likeness (QED) is 0.613. The fourth-order valence-corrected chi connectivity index (χ4v) is 3.77. The van der Waals surface area contributed by atoms with Crippen LogP contribution < -0.4 is 4.74 Å². The molecule has 0 aliphatic carbocycles. The molecule has 1 unspecified atom stereocenters. The van der Waals surface area contributed by atoms with Crippen LogP contribution in [0.25, 0.3) is 11.4 Å². The molecule has 0 radical (unpaired) electrons. The highest BCUT2D eigenvalue weighted by molar-refractivity contribution is 5.79. The number of aryl methyl sites for hydroxylation is 2. The highest BCUT2D eigenvalue weighted by atomic mass is 16.5. The molecule has 0 N–H and O–H groups in total. The summed E-state index contributed by atoms with van der Waals surface area (Å²) in [6.45, 7) is 7.24. The van der Waals surface area contributed by atoms with E-state index in [4.69, 9.17) is 9.26 Å². The van der Waals surface area contributed by atoms with Crippen molar-refractivity contribution in [2.75, 3.05) is 6.61 Å². The molecule has 0 bridgehead atoms. The van der Waals surface area contributed by atoms with Gasteiger partial charge in [0.15, 0.2) is 0 Å². The van der Waals surface area contributed by atoms with Gasteiger partial charge in [-0.15, -0.1) is 0 Å². The van der Waals surface area contributed by atoms with Gasteiger partial charge >= 0.3 is 0 Å². The zero-order valence-corrected chi connectivity index (χ0v) is 17.0. The van der Waals surface area contributed by atoms with E-state index in [0.717, 1.165) is 16.9 Å². The molecule has 6 nitrogen and oxygen atoms in total. The number of aromatic nitrogens is 2. The predicted octanol–water partition coefficient (Wildman–Crippen LogP) is 4.62. The topological polar surface area (TPSA) is 68.5 Å². The summed E-state index contributed by atoms with van der Waals surface area (Å²) in [5, 5.41) is 4.15. The molecule has 1 aliphatic rings. The summed E-state index contributed by atoms with van der Waals surface area (Å²) in [6, 6.07) is 13.7. The van der Waals surface area contributed by atoms with Gasteiger partial charge in [-0.2, -0.15) is 4.98 Å². The van der Waals surface area contributed by atoms with Crippen molar-refractivity contribution >= 4 is 5.91 Å². The zero-order valence-electron chi connectivity index (χ0n) is 17.0. The fraction of sp³-hybridized carbons (Fsp3) is 0.348. The lowest BCUT2D eigenvalue weighted by molar-refractivity contribution is -0.130. The van der Waals surface area contributed by atoms with E-state index < -0.39 is 0 Å². The molecule has 1 aromatic heterocycles. The first-order valence-corrected chi connectivity index (χ1v) is 9.97. The van der Waals surface area contributed by atoms with Gasteiger partial charge in [0.2, 0.25) is 17.6 Å². The SMILES string of the molecule is CCOc1cccc(-c2noc(C3CCC(=O)N3Cc3ccc(C)cc3C)n2)c1. The molecule has 29 heavy (non-hydrogen) atoms. The number of hydrogen-bond acceptors (Lipinski definition) is 5. The summed E-state index contributed by atoms with van der Waals surface area (Å²) in [6.07, 6.45) is 1.18. The molecule has 4 rings (SSSR count). The van der Waals surface area contributed by atoms with Gasteiger partial charge in [-0.3, -0.25) is 4.79 Å². The number of amides is 1. The van der Waals surface area contributed by atoms with Crippen molar-refractivity contribution < 1.29 is 14.1 Å². The van der Waals surface area contributed by atoms with Gasteiger partial charge in [-0.25, -0.2) is 0 Å². The normalized spacial score (nSPS) is 16.4. The highest BCUT2D eigenvalue weighted by Crippen LogP contribution is 2.35. The summed E-state index contributed by atoms with van der Waals surface area (Å²) in [7, 11) is 0. The molecule has 150 valence electrons. The van der Waals surface area contributed by atoms with Crippen LogP contribution in [0.2, 0.25) is 0 Å². The van der Waals surface area contributed by atoms with Gasteiger partial charge in [-0.1, -0.05) is 41.1 Å². The summed E-state index contributed by atoms with van der Waals surface area (Å²) in [5.41, 5.74) is 4.37. The minimum atomic E-state index is -0.195. The maximum absolute atomic E-state index is 12.6. The fourth-order valence-electron chi connectivity index (χ4n) is 3.77. The van der Waals surface area contributed by atoms with Crippen molar-refractivity contribution in [1.29, 1.82) is 0 Å². The summed E-state index contributed by atoms with van der Waals surface area (Å²) >= 11 is 0. The smallest absolute Gasteiger partial charge is 0.249 e. The van der Waals surface area contributed by atoms with Crippen LogP contribution in [-0.4, -0.2) is 27.6 Å². The molecule has 0 saturated carbocycles. The van der Waals surface area contributed by atoms with Gasteiger partial charge < -0.3 is 14.2 Å². The number of nitrogens with zero attached hydrogens (tertiary/aromatic N) is 3. The lowest BCUT2D eigenvalue weighted by atomic mass is 10.0. The van der Waals surface area contributed by atoms with Gasteiger partial charge in [0, 0.05) is 18.5 Å². The van der Waals surface area contributed by atoms with Gasteiger partial charge in [0.05, 0.1) is 6.61 Å².